The quantitative estimate of drug-likeness (QED) is 0.372. The van der Waals surface area contributed by atoms with Crippen molar-refractivity contribution >= 4 is 29.4 Å². The Morgan fingerprint density at radius 1 is 1.27 bits per heavy atom. The molecule has 1 unspecified atom stereocenters. The van der Waals surface area contributed by atoms with Gasteiger partial charge in [-0.15, -0.1) is 16.2 Å². The molecule has 5 nitrogen and oxygen atoms in total. The fourth-order valence-electron chi connectivity index (χ4n) is 2.33. The first-order chi connectivity index (χ1) is 10.6. The van der Waals surface area contributed by atoms with Crippen LogP contribution in [-0.2, 0) is 16.1 Å². The van der Waals surface area contributed by atoms with Crippen LogP contribution in [0.1, 0.15) is 5.56 Å². The number of halogens is 1. The maximum Gasteiger partial charge on any atom is 0.605 e. The van der Waals surface area contributed by atoms with Gasteiger partial charge in [-0.3, -0.25) is 0 Å². The summed E-state index contributed by atoms with van der Waals surface area (Å²) in [6.45, 7) is 0.292. The lowest BCUT2D eigenvalue weighted by Gasteiger charge is -2.16. The topological polar surface area (TPSA) is 55.6 Å². The average molecular weight is 319 g/mol. The number of benzene rings is 1. The van der Waals surface area contributed by atoms with Crippen molar-refractivity contribution in [3.05, 3.63) is 53.6 Å². The van der Waals surface area contributed by atoms with Gasteiger partial charge in [-0.25, -0.2) is 4.79 Å². The molecule has 1 atom stereocenters. The van der Waals surface area contributed by atoms with Crippen LogP contribution in [0.3, 0.4) is 0 Å². The zero-order chi connectivity index (χ0) is 15.7. The predicted molar refractivity (Wildman–Crippen MR) is 80.3 cm³/mol. The van der Waals surface area contributed by atoms with Crippen molar-refractivity contribution in [1.29, 1.82) is 0 Å². The summed E-state index contributed by atoms with van der Waals surface area (Å²) in [7, 11) is 1.59. The number of ether oxygens (including phenoxy) is 2. The van der Waals surface area contributed by atoms with Crippen molar-refractivity contribution < 1.29 is 23.6 Å². The van der Waals surface area contributed by atoms with Gasteiger partial charge in [-0.05, 0) is 30.3 Å². The molecule has 0 radical (unpaired) electrons. The number of nitrogens with zero attached hydrogens (tertiary/aromatic N) is 1. The van der Waals surface area contributed by atoms with Crippen LogP contribution >= 0.6 is 11.6 Å². The van der Waals surface area contributed by atoms with Crippen LogP contribution in [0, 0.1) is 0 Å². The van der Waals surface area contributed by atoms with Crippen LogP contribution in [0.2, 0.25) is 0 Å². The van der Waals surface area contributed by atoms with Crippen molar-refractivity contribution in [3.63, 3.8) is 0 Å². The Labute approximate surface area is 132 Å². The highest BCUT2D eigenvalue weighted by Crippen LogP contribution is 2.21. The number of carbonyl (C=O) groups is 2. The molecule has 22 heavy (non-hydrogen) atoms. The van der Waals surface area contributed by atoms with E-state index in [4.69, 9.17) is 21.1 Å². The van der Waals surface area contributed by atoms with Gasteiger partial charge in [0, 0.05) is 11.6 Å². The van der Waals surface area contributed by atoms with E-state index in [1.807, 2.05) is 24.3 Å². The Balaban J connectivity index is 1.97. The van der Waals surface area contributed by atoms with E-state index in [0.717, 1.165) is 11.3 Å². The molecular formula is C16H13ClNO4+. The Morgan fingerprint density at radius 2 is 2.00 bits per heavy atom. The molecular weight excluding hydrogens is 306 g/mol. The number of hydrogen-bond acceptors (Lipinski definition) is 4. The van der Waals surface area contributed by atoms with E-state index >= 15 is 0 Å². The number of carbonyl (C=O) groups excluding carboxylic acids is 2. The number of methoxy groups -OCH3 is 1. The summed E-state index contributed by atoms with van der Waals surface area (Å²) >= 11 is 5.98. The molecule has 112 valence electrons. The van der Waals surface area contributed by atoms with Gasteiger partial charge in [0.2, 0.25) is 5.71 Å². The Kier molecular flexibility index (Phi) is 3.81. The largest absolute Gasteiger partial charge is 0.605 e. The maximum absolute atomic E-state index is 12.0. The Morgan fingerprint density at radius 3 is 2.68 bits per heavy atom. The van der Waals surface area contributed by atoms with E-state index in [-0.39, 0.29) is 5.38 Å². The van der Waals surface area contributed by atoms with Gasteiger partial charge in [-0.2, -0.15) is 4.79 Å². The summed E-state index contributed by atoms with van der Waals surface area (Å²) in [6.07, 6.45) is 4.28. The third-order valence-corrected chi connectivity index (χ3v) is 3.72. The third kappa shape index (κ3) is 2.67. The number of cyclic esters (lactones) is 2. The van der Waals surface area contributed by atoms with Gasteiger partial charge in [0.1, 0.15) is 11.3 Å². The fraction of sp³-hybridized carbons (Fsp3) is 0.188. The van der Waals surface area contributed by atoms with E-state index in [1.54, 1.807) is 25.3 Å². The molecule has 0 spiro atoms. The van der Waals surface area contributed by atoms with Crippen molar-refractivity contribution in [2.24, 2.45) is 0 Å². The monoisotopic (exact) mass is 318 g/mol. The standard InChI is InChI=1S/C16H13ClNO4/c1-21-12-5-2-10(3-6-12)9-18-14-7-4-11(17)8-13(14)15(19)22-16(18)20/h2-8,11H,9H2,1H3/q+1. The van der Waals surface area contributed by atoms with E-state index in [1.165, 1.54) is 4.58 Å². The van der Waals surface area contributed by atoms with Gasteiger partial charge in [0.05, 0.1) is 12.5 Å². The molecule has 1 heterocycles. The van der Waals surface area contributed by atoms with Crippen LogP contribution in [0.4, 0.5) is 4.79 Å². The smallest absolute Gasteiger partial charge is 0.497 e. The zero-order valence-electron chi connectivity index (χ0n) is 11.8. The number of fused-ring (bicyclic) bond motifs is 1. The minimum Gasteiger partial charge on any atom is -0.497 e. The van der Waals surface area contributed by atoms with Crippen LogP contribution < -0.4 is 4.74 Å². The molecule has 0 aromatic heterocycles. The first kappa shape index (κ1) is 14.5. The van der Waals surface area contributed by atoms with Gasteiger partial charge in [-0.1, -0.05) is 6.08 Å². The van der Waals surface area contributed by atoms with Crippen molar-refractivity contribution in [1.82, 2.24) is 0 Å². The van der Waals surface area contributed by atoms with E-state index in [9.17, 15) is 9.59 Å². The molecule has 6 heteroatoms. The van der Waals surface area contributed by atoms with Gasteiger partial charge >= 0.3 is 12.1 Å². The van der Waals surface area contributed by atoms with E-state index < -0.39 is 12.1 Å². The van der Waals surface area contributed by atoms with Gasteiger partial charge in [0.25, 0.3) is 0 Å². The Hall–Kier alpha value is -2.40. The molecule has 2 aliphatic rings. The highest BCUT2D eigenvalue weighted by molar-refractivity contribution is 6.30. The number of allylic oxidation sites excluding steroid dienone is 3. The molecule has 1 aromatic rings. The molecule has 1 amide bonds. The molecule has 0 N–H and O–H groups in total. The minimum absolute atomic E-state index is 0.292. The molecule has 1 aliphatic heterocycles. The minimum atomic E-state index is -0.689. The summed E-state index contributed by atoms with van der Waals surface area (Å²) in [5.74, 6) is 0.0666. The lowest BCUT2D eigenvalue weighted by Crippen LogP contribution is -2.39. The Bertz CT molecular complexity index is 731. The third-order valence-electron chi connectivity index (χ3n) is 3.45. The number of rotatable bonds is 3. The summed E-state index contributed by atoms with van der Waals surface area (Å²) in [5, 5.41) is -0.387. The lowest BCUT2D eigenvalue weighted by molar-refractivity contribution is -0.461. The molecule has 0 bridgehead atoms. The van der Waals surface area contributed by atoms with Crippen molar-refractivity contribution in [3.8, 4) is 5.75 Å². The first-order valence-electron chi connectivity index (χ1n) is 6.66. The zero-order valence-corrected chi connectivity index (χ0v) is 12.5. The summed E-state index contributed by atoms with van der Waals surface area (Å²) in [6, 6.07) is 7.32. The lowest BCUT2D eigenvalue weighted by atomic mass is 10.0. The SMILES string of the molecule is COc1ccc(C[N+]2=C3C=CC(Cl)C=C3C(=O)OC2=O)cc1. The number of esters is 1. The molecule has 1 aromatic carbocycles. The second-order valence-corrected chi connectivity index (χ2v) is 5.36. The normalized spacial score (nSPS) is 20.5. The molecule has 0 saturated heterocycles. The average Bonchev–Trinajstić information content (AvgIpc) is 2.52. The molecule has 3 rings (SSSR count). The fourth-order valence-corrected chi connectivity index (χ4v) is 2.53. The second kappa shape index (κ2) is 5.77. The summed E-state index contributed by atoms with van der Waals surface area (Å²) < 4.78 is 11.3. The summed E-state index contributed by atoms with van der Waals surface area (Å²) in [5.41, 5.74) is 1.71. The van der Waals surface area contributed by atoms with Gasteiger partial charge in [0.15, 0.2) is 6.54 Å². The van der Waals surface area contributed by atoms with Crippen LogP contribution in [-0.4, -0.2) is 34.8 Å². The van der Waals surface area contributed by atoms with E-state index in [0.29, 0.717) is 17.8 Å². The van der Waals surface area contributed by atoms with Crippen molar-refractivity contribution in [2.75, 3.05) is 7.11 Å². The maximum atomic E-state index is 12.0. The van der Waals surface area contributed by atoms with Crippen LogP contribution in [0.15, 0.2) is 48.1 Å². The number of hydrogen-bond donors (Lipinski definition) is 0. The molecule has 1 aliphatic carbocycles. The highest BCUT2D eigenvalue weighted by atomic mass is 35.5. The van der Waals surface area contributed by atoms with E-state index in [2.05, 4.69) is 0 Å². The molecule has 0 saturated carbocycles. The van der Waals surface area contributed by atoms with Crippen LogP contribution in [0.5, 0.6) is 5.75 Å². The highest BCUT2D eigenvalue weighted by Gasteiger charge is 2.40. The second-order valence-electron chi connectivity index (χ2n) is 4.86. The predicted octanol–water partition coefficient (Wildman–Crippen LogP) is 2.43. The molecule has 0 fully saturated rings. The van der Waals surface area contributed by atoms with Gasteiger partial charge < -0.3 is 9.47 Å². The number of alkyl halides is 1. The van der Waals surface area contributed by atoms with Crippen molar-refractivity contribution in [2.45, 2.75) is 11.9 Å². The number of amides is 1. The van der Waals surface area contributed by atoms with Crippen LogP contribution in [0.25, 0.3) is 0 Å². The summed E-state index contributed by atoms with van der Waals surface area (Å²) in [4.78, 5) is 23.8. The first-order valence-corrected chi connectivity index (χ1v) is 7.10.